The first kappa shape index (κ1) is 16.1. The van der Waals surface area contributed by atoms with Gasteiger partial charge < -0.3 is 19.9 Å². The number of carbonyl (C=O) groups excluding carboxylic acids is 2. The summed E-state index contributed by atoms with van der Waals surface area (Å²) in [4.78, 5) is 28.6. The average molecular weight is 341 g/mol. The third kappa shape index (κ3) is 2.80. The number of H-pyrrole nitrogens is 1. The van der Waals surface area contributed by atoms with E-state index < -0.39 is 0 Å². The quantitative estimate of drug-likeness (QED) is 0.873. The average Bonchev–Trinajstić information content (AvgIpc) is 3.01. The van der Waals surface area contributed by atoms with Gasteiger partial charge >= 0.3 is 0 Å². The first-order chi connectivity index (χ1) is 12.1. The summed E-state index contributed by atoms with van der Waals surface area (Å²) in [5.41, 5.74) is 3.38. The molecule has 1 aromatic heterocycles. The number of amides is 2. The number of nitrogens with zero attached hydrogens (tertiary/aromatic N) is 1. The van der Waals surface area contributed by atoms with Crippen molar-refractivity contribution in [2.24, 2.45) is 0 Å². The van der Waals surface area contributed by atoms with E-state index in [-0.39, 0.29) is 24.0 Å². The van der Waals surface area contributed by atoms with E-state index in [0.29, 0.717) is 19.7 Å². The van der Waals surface area contributed by atoms with Crippen molar-refractivity contribution in [1.82, 2.24) is 15.2 Å². The summed E-state index contributed by atoms with van der Waals surface area (Å²) in [6.45, 7) is 3.50. The molecule has 6 nitrogen and oxygen atoms in total. The van der Waals surface area contributed by atoms with Crippen LogP contribution < -0.4 is 5.32 Å². The van der Waals surface area contributed by atoms with Gasteiger partial charge in [0.1, 0.15) is 5.60 Å². The van der Waals surface area contributed by atoms with Crippen LogP contribution in [0.3, 0.4) is 0 Å². The highest BCUT2D eigenvalue weighted by atomic mass is 16.5. The maximum atomic E-state index is 12.2. The molecule has 1 saturated heterocycles. The van der Waals surface area contributed by atoms with E-state index in [0.717, 1.165) is 24.8 Å². The van der Waals surface area contributed by atoms with Gasteiger partial charge in [-0.15, -0.1) is 0 Å². The standard InChI is InChI=1S/C19H23N3O3/c1-13(23)20-12-17(24)22-9-7-19(8-10-22)18-15(6-11-25-19)14-4-2-3-5-16(14)21-18/h2-5,21H,6-12H2,1H3,(H,20,23). The number of hydrogen-bond acceptors (Lipinski definition) is 3. The number of fused-ring (bicyclic) bond motifs is 4. The molecule has 2 aliphatic rings. The second-order valence-electron chi connectivity index (χ2n) is 6.91. The van der Waals surface area contributed by atoms with Crippen LogP contribution in [0.15, 0.2) is 24.3 Å². The first-order valence-corrected chi connectivity index (χ1v) is 8.85. The number of para-hydroxylation sites is 1. The number of hydrogen-bond donors (Lipinski definition) is 2. The van der Waals surface area contributed by atoms with E-state index in [1.54, 1.807) is 0 Å². The van der Waals surface area contributed by atoms with Crippen molar-refractivity contribution in [3.63, 3.8) is 0 Å². The number of carbonyl (C=O) groups is 2. The second kappa shape index (κ2) is 6.19. The number of rotatable bonds is 2. The van der Waals surface area contributed by atoms with Crippen LogP contribution in [-0.2, 0) is 26.3 Å². The van der Waals surface area contributed by atoms with Gasteiger partial charge in [-0.2, -0.15) is 0 Å². The van der Waals surface area contributed by atoms with Crippen LogP contribution in [0, 0.1) is 0 Å². The summed E-state index contributed by atoms with van der Waals surface area (Å²) in [5, 5.41) is 3.86. The number of likely N-dealkylation sites (tertiary alicyclic amines) is 1. The Kier molecular flexibility index (Phi) is 4.00. The Morgan fingerprint density at radius 1 is 1.28 bits per heavy atom. The van der Waals surface area contributed by atoms with Crippen molar-refractivity contribution in [3.05, 3.63) is 35.5 Å². The maximum Gasteiger partial charge on any atom is 0.241 e. The third-order valence-electron chi connectivity index (χ3n) is 5.41. The van der Waals surface area contributed by atoms with Gasteiger partial charge in [0.2, 0.25) is 11.8 Å². The molecule has 0 aliphatic carbocycles. The molecule has 2 N–H and O–H groups in total. The predicted molar refractivity (Wildman–Crippen MR) is 94.1 cm³/mol. The fraction of sp³-hybridized carbons (Fsp3) is 0.474. The Balaban J connectivity index is 1.54. The number of ether oxygens (including phenoxy) is 1. The Morgan fingerprint density at radius 2 is 2.04 bits per heavy atom. The van der Waals surface area contributed by atoms with Crippen LogP contribution in [-0.4, -0.2) is 47.9 Å². The minimum atomic E-state index is -0.322. The molecule has 132 valence electrons. The Labute approximate surface area is 146 Å². The summed E-state index contributed by atoms with van der Waals surface area (Å²) in [6.07, 6.45) is 2.48. The molecular formula is C19H23N3O3. The summed E-state index contributed by atoms with van der Waals surface area (Å²) in [6, 6.07) is 8.38. The first-order valence-electron chi connectivity index (χ1n) is 8.85. The largest absolute Gasteiger partial charge is 0.368 e. The van der Waals surface area contributed by atoms with E-state index in [9.17, 15) is 9.59 Å². The Bertz CT molecular complexity index is 818. The Morgan fingerprint density at radius 3 is 2.80 bits per heavy atom. The summed E-state index contributed by atoms with van der Waals surface area (Å²) in [5.74, 6) is -0.210. The van der Waals surface area contributed by atoms with Crippen LogP contribution in [0.2, 0.25) is 0 Å². The number of aromatic nitrogens is 1. The van der Waals surface area contributed by atoms with E-state index in [2.05, 4.69) is 28.5 Å². The van der Waals surface area contributed by atoms with Gasteiger partial charge in [0.05, 0.1) is 18.8 Å². The minimum Gasteiger partial charge on any atom is -0.368 e. The molecule has 1 spiro atoms. The smallest absolute Gasteiger partial charge is 0.241 e. The predicted octanol–water partition coefficient (Wildman–Crippen LogP) is 1.69. The molecule has 0 radical (unpaired) electrons. The summed E-state index contributed by atoms with van der Waals surface area (Å²) >= 11 is 0. The van der Waals surface area contributed by atoms with E-state index in [1.165, 1.54) is 23.6 Å². The lowest BCUT2D eigenvalue weighted by molar-refractivity contribution is -0.141. The van der Waals surface area contributed by atoms with Crippen LogP contribution in [0.1, 0.15) is 31.0 Å². The number of nitrogens with one attached hydrogen (secondary N) is 2. The fourth-order valence-corrected chi connectivity index (χ4v) is 4.09. The van der Waals surface area contributed by atoms with E-state index in [1.807, 2.05) is 11.0 Å². The lowest BCUT2D eigenvalue weighted by atomic mass is 9.83. The van der Waals surface area contributed by atoms with Gasteiger partial charge in [0.25, 0.3) is 0 Å². The zero-order chi connectivity index (χ0) is 17.4. The molecule has 0 saturated carbocycles. The van der Waals surface area contributed by atoms with Crippen molar-refractivity contribution >= 4 is 22.7 Å². The molecule has 2 aromatic rings. The van der Waals surface area contributed by atoms with E-state index >= 15 is 0 Å². The van der Waals surface area contributed by atoms with E-state index in [4.69, 9.17) is 4.74 Å². The highest BCUT2D eigenvalue weighted by Crippen LogP contribution is 2.43. The zero-order valence-corrected chi connectivity index (χ0v) is 14.4. The highest BCUT2D eigenvalue weighted by Gasteiger charge is 2.43. The molecule has 0 unspecified atom stereocenters. The topological polar surface area (TPSA) is 74.4 Å². The van der Waals surface area contributed by atoms with Crippen LogP contribution in [0.4, 0.5) is 0 Å². The van der Waals surface area contributed by atoms with Crippen molar-refractivity contribution in [2.45, 2.75) is 31.8 Å². The zero-order valence-electron chi connectivity index (χ0n) is 14.4. The summed E-state index contributed by atoms with van der Waals surface area (Å²) < 4.78 is 6.25. The molecule has 2 aliphatic heterocycles. The van der Waals surface area contributed by atoms with Crippen molar-refractivity contribution in [1.29, 1.82) is 0 Å². The van der Waals surface area contributed by atoms with Gasteiger partial charge in [-0.05, 0) is 30.9 Å². The van der Waals surface area contributed by atoms with Gasteiger partial charge in [-0.1, -0.05) is 18.2 Å². The highest BCUT2D eigenvalue weighted by molar-refractivity contribution is 5.85. The number of benzene rings is 1. The molecule has 2 amide bonds. The molecule has 4 rings (SSSR count). The lowest BCUT2D eigenvalue weighted by Crippen LogP contribution is -2.50. The molecule has 3 heterocycles. The van der Waals surface area contributed by atoms with Crippen molar-refractivity contribution in [2.75, 3.05) is 26.2 Å². The molecule has 0 bridgehead atoms. The maximum absolute atomic E-state index is 12.2. The molecule has 25 heavy (non-hydrogen) atoms. The molecule has 1 fully saturated rings. The second-order valence-corrected chi connectivity index (χ2v) is 6.91. The monoisotopic (exact) mass is 341 g/mol. The van der Waals surface area contributed by atoms with Crippen molar-refractivity contribution < 1.29 is 14.3 Å². The van der Waals surface area contributed by atoms with Gasteiger partial charge in [-0.3, -0.25) is 9.59 Å². The molecule has 1 aromatic carbocycles. The van der Waals surface area contributed by atoms with Crippen LogP contribution in [0.25, 0.3) is 10.9 Å². The number of aromatic amines is 1. The van der Waals surface area contributed by atoms with Gasteiger partial charge in [0.15, 0.2) is 0 Å². The van der Waals surface area contributed by atoms with Crippen LogP contribution in [0.5, 0.6) is 0 Å². The molecule has 6 heteroatoms. The lowest BCUT2D eigenvalue weighted by Gasteiger charge is -2.43. The fourth-order valence-electron chi connectivity index (χ4n) is 4.09. The minimum absolute atomic E-state index is 0.0299. The van der Waals surface area contributed by atoms with Crippen molar-refractivity contribution in [3.8, 4) is 0 Å². The molecule has 0 atom stereocenters. The van der Waals surface area contributed by atoms with Gasteiger partial charge in [-0.25, -0.2) is 0 Å². The normalized spacial score (nSPS) is 19.0. The Hall–Kier alpha value is -2.34. The van der Waals surface area contributed by atoms with Crippen LogP contribution >= 0.6 is 0 Å². The third-order valence-corrected chi connectivity index (χ3v) is 5.41. The number of piperidine rings is 1. The molecular weight excluding hydrogens is 318 g/mol. The summed E-state index contributed by atoms with van der Waals surface area (Å²) in [7, 11) is 0. The SMILES string of the molecule is CC(=O)NCC(=O)N1CCC2(CC1)OCCc1c2[nH]c2ccccc12. The van der Waals surface area contributed by atoms with Gasteiger partial charge in [0, 0.05) is 30.9 Å².